The molecule has 1 atom stereocenters. The molecule has 0 spiro atoms. The predicted octanol–water partition coefficient (Wildman–Crippen LogP) is 3.00. The van der Waals surface area contributed by atoms with Crippen molar-refractivity contribution in [2.45, 2.75) is 38.5 Å². The SMILES string of the molecule is O=C([C@H]1CCc2nc[nH]c2C1)N1CCC(Cc2ccccc2)CC1. The van der Waals surface area contributed by atoms with E-state index in [0.29, 0.717) is 11.8 Å². The zero-order valence-electron chi connectivity index (χ0n) is 14.1. The lowest BCUT2D eigenvalue weighted by Crippen LogP contribution is -2.43. The second-order valence-electron chi connectivity index (χ2n) is 7.23. The molecule has 4 nitrogen and oxygen atoms in total. The zero-order chi connectivity index (χ0) is 16.4. The molecule has 2 heterocycles. The molecule has 0 radical (unpaired) electrons. The number of nitrogens with one attached hydrogen (secondary N) is 1. The van der Waals surface area contributed by atoms with E-state index in [1.165, 1.54) is 11.3 Å². The topological polar surface area (TPSA) is 49.0 Å². The Morgan fingerprint density at radius 1 is 1.17 bits per heavy atom. The van der Waals surface area contributed by atoms with E-state index in [9.17, 15) is 4.79 Å². The molecule has 4 rings (SSSR count). The van der Waals surface area contributed by atoms with E-state index in [4.69, 9.17) is 0 Å². The van der Waals surface area contributed by atoms with Gasteiger partial charge in [-0.15, -0.1) is 0 Å². The van der Waals surface area contributed by atoms with Gasteiger partial charge in [0.25, 0.3) is 0 Å². The fourth-order valence-corrected chi connectivity index (χ4v) is 4.17. The summed E-state index contributed by atoms with van der Waals surface area (Å²) in [6, 6.07) is 10.7. The van der Waals surface area contributed by atoms with Gasteiger partial charge >= 0.3 is 0 Å². The number of aromatic nitrogens is 2. The molecule has 0 unspecified atom stereocenters. The average molecular weight is 323 g/mol. The van der Waals surface area contributed by atoms with Crippen molar-refractivity contribution in [3.8, 4) is 0 Å². The molecule has 24 heavy (non-hydrogen) atoms. The molecule has 1 aromatic carbocycles. The van der Waals surface area contributed by atoms with Gasteiger partial charge in [-0.2, -0.15) is 0 Å². The molecule has 126 valence electrons. The third-order valence-corrected chi connectivity index (χ3v) is 5.63. The molecule has 1 aliphatic heterocycles. The molecule has 0 bridgehead atoms. The highest BCUT2D eigenvalue weighted by Gasteiger charge is 2.31. The average Bonchev–Trinajstić information content (AvgIpc) is 3.10. The van der Waals surface area contributed by atoms with Crippen LogP contribution >= 0.6 is 0 Å². The number of nitrogens with zero attached hydrogens (tertiary/aromatic N) is 2. The van der Waals surface area contributed by atoms with Gasteiger partial charge in [-0.25, -0.2) is 4.98 Å². The number of rotatable bonds is 3. The van der Waals surface area contributed by atoms with E-state index in [2.05, 4.69) is 45.2 Å². The Hall–Kier alpha value is -2.10. The van der Waals surface area contributed by atoms with Crippen molar-refractivity contribution in [1.29, 1.82) is 0 Å². The highest BCUT2D eigenvalue weighted by atomic mass is 16.2. The van der Waals surface area contributed by atoms with Crippen molar-refractivity contribution in [2.24, 2.45) is 11.8 Å². The number of carbonyl (C=O) groups excluding carboxylic acids is 1. The Morgan fingerprint density at radius 3 is 2.75 bits per heavy atom. The first-order chi connectivity index (χ1) is 11.8. The first-order valence-corrected chi connectivity index (χ1v) is 9.13. The van der Waals surface area contributed by atoms with Gasteiger partial charge in [0.2, 0.25) is 5.91 Å². The molecular formula is C20H25N3O. The van der Waals surface area contributed by atoms with E-state index < -0.39 is 0 Å². The molecule has 1 aliphatic carbocycles. The Labute approximate surface area is 143 Å². The molecular weight excluding hydrogens is 298 g/mol. The van der Waals surface area contributed by atoms with Crippen LogP contribution in [0.25, 0.3) is 0 Å². The smallest absolute Gasteiger partial charge is 0.226 e. The molecule has 4 heteroatoms. The summed E-state index contributed by atoms with van der Waals surface area (Å²) in [7, 11) is 0. The maximum Gasteiger partial charge on any atom is 0.226 e. The van der Waals surface area contributed by atoms with E-state index in [0.717, 1.165) is 57.3 Å². The van der Waals surface area contributed by atoms with Crippen LogP contribution in [0.4, 0.5) is 0 Å². The van der Waals surface area contributed by atoms with Crippen molar-refractivity contribution in [1.82, 2.24) is 14.9 Å². The van der Waals surface area contributed by atoms with Gasteiger partial charge in [-0.3, -0.25) is 4.79 Å². The monoisotopic (exact) mass is 323 g/mol. The third-order valence-electron chi connectivity index (χ3n) is 5.63. The molecule has 1 saturated heterocycles. The molecule has 0 saturated carbocycles. The van der Waals surface area contributed by atoms with Gasteiger partial charge in [0.15, 0.2) is 0 Å². The van der Waals surface area contributed by atoms with E-state index in [-0.39, 0.29) is 5.92 Å². The number of likely N-dealkylation sites (tertiary alicyclic amines) is 1. The van der Waals surface area contributed by atoms with Crippen LogP contribution in [-0.4, -0.2) is 33.9 Å². The van der Waals surface area contributed by atoms with Crippen molar-refractivity contribution >= 4 is 5.91 Å². The summed E-state index contributed by atoms with van der Waals surface area (Å²) < 4.78 is 0. The van der Waals surface area contributed by atoms with E-state index in [1.807, 2.05) is 0 Å². The van der Waals surface area contributed by atoms with Gasteiger partial charge in [0.1, 0.15) is 0 Å². The van der Waals surface area contributed by atoms with Gasteiger partial charge in [0, 0.05) is 31.1 Å². The highest BCUT2D eigenvalue weighted by Crippen LogP contribution is 2.27. The van der Waals surface area contributed by atoms with Crippen molar-refractivity contribution < 1.29 is 4.79 Å². The Morgan fingerprint density at radius 2 is 1.96 bits per heavy atom. The third kappa shape index (κ3) is 3.23. The maximum atomic E-state index is 12.8. The van der Waals surface area contributed by atoms with Crippen LogP contribution in [0.5, 0.6) is 0 Å². The number of fused-ring (bicyclic) bond motifs is 1. The minimum absolute atomic E-state index is 0.142. The number of hydrogen-bond donors (Lipinski definition) is 1. The first-order valence-electron chi connectivity index (χ1n) is 9.13. The number of aryl methyl sites for hydroxylation is 1. The highest BCUT2D eigenvalue weighted by molar-refractivity contribution is 5.79. The maximum absolute atomic E-state index is 12.8. The Kier molecular flexibility index (Phi) is 4.37. The van der Waals surface area contributed by atoms with Crippen LogP contribution in [0.15, 0.2) is 36.7 Å². The Bertz CT molecular complexity index is 686. The van der Waals surface area contributed by atoms with Crippen LogP contribution < -0.4 is 0 Å². The van der Waals surface area contributed by atoms with Gasteiger partial charge in [-0.05, 0) is 43.6 Å². The molecule has 1 fully saturated rings. The first kappa shape index (κ1) is 15.4. The number of benzene rings is 1. The summed E-state index contributed by atoms with van der Waals surface area (Å²) >= 11 is 0. The fourth-order valence-electron chi connectivity index (χ4n) is 4.17. The molecule has 1 amide bonds. The number of imidazole rings is 1. The van der Waals surface area contributed by atoms with Gasteiger partial charge in [0.05, 0.1) is 12.0 Å². The summed E-state index contributed by atoms with van der Waals surface area (Å²) in [5, 5.41) is 0. The van der Waals surface area contributed by atoms with Crippen LogP contribution in [0.2, 0.25) is 0 Å². The van der Waals surface area contributed by atoms with E-state index >= 15 is 0 Å². The number of amides is 1. The largest absolute Gasteiger partial charge is 0.348 e. The van der Waals surface area contributed by atoms with Crippen molar-refractivity contribution in [3.63, 3.8) is 0 Å². The summed E-state index contributed by atoms with van der Waals surface area (Å²) in [6.07, 6.45) is 7.86. The number of carbonyl (C=O) groups is 1. The summed E-state index contributed by atoms with van der Waals surface area (Å²) in [6.45, 7) is 1.84. The zero-order valence-corrected chi connectivity index (χ0v) is 14.1. The number of H-pyrrole nitrogens is 1. The van der Waals surface area contributed by atoms with Crippen LogP contribution in [0.1, 0.15) is 36.2 Å². The summed E-state index contributed by atoms with van der Waals surface area (Å²) in [5.41, 5.74) is 3.74. The molecule has 2 aromatic rings. The molecule has 2 aliphatic rings. The number of hydrogen-bond acceptors (Lipinski definition) is 2. The van der Waals surface area contributed by atoms with Crippen LogP contribution in [-0.2, 0) is 24.1 Å². The predicted molar refractivity (Wildman–Crippen MR) is 93.6 cm³/mol. The fraction of sp³-hybridized carbons (Fsp3) is 0.500. The summed E-state index contributed by atoms with van der Waals surface area (Å²) in [5.74, 6) is 1.21. The molecule has 1 aromatic heterocycles. The standard InChI is InChI=1S/C20H25N3O/c24-20(17-6-7-18-19(13-17)22-14-21-18)23-10-8-16(9-11-23)12-15-4-2-1-3-5-15/h1-5,14,16-17H,6-13H2,(H,21,22)/t17-/m0/s1. The van der Waals surface area contributed by atoms with Crippen molar-refractivity contribution in [3.05, 3.63) is 53.6 Å². The van der Waals surface area contributed by atoms with Crippen molar-refractivity contribution in [2.75, 3.05) is 13.1 Å². The number of aromatic amines is 1. The lowest BCUT2D eigenvalue weighted by atomic mass is 9.86. The Balaban J connectivity index is 1.30. The lowest BCUT2D eigenvalue weighted by Gasteiger charge is -2.35. The van der Waals surface area contributed by atoms with Crippen LogP contribution in [0.3, 0.4) is 0 Å². The number of piperidine rings is 1. The van der Waals surface area contributed by atoms with Crippen LogP contribution in [0, 0.1) is 11.8 Å². The quantitative estimate of drug-likeness (QED) is 0.944. The van der Waals surface area contributed by atoms with Gasteiger partial charge < -0.3 is 9.88 Å². The summed E-state index contributed by atoms with van der Waals surface area (Å²) in [4.78, 5) is 22.5. The van der Waals surface area contributed by atoms with E-state index in [1.54, 1.807) is 6.33 Å². The second-order valence-corrected chi connectivity index (χ2v) is 7.23. The lowest BCUT2D eigenvalue weighted by molar-refractivity contribution is -0.137. The second kappa shape index (κ2) is 6.80. The van der Waals surface area contributed by atoms with Gasteiger partial charge in [-0.1, -0.05) is 30.3 Å². The molecule has 1 N–H and O–H groups in total. The minimum atomic E-state index is 0.142. The normalized spacial score (nSPS) is 21.5. The minimum Gasteiger partial charge on any atom is -0.348 e.